The lowest BCUT2D eigenvalue weighted by molar-refractivity contribution is -0.128. The van der Waals surface area contributed by atoms with Crippen LogP contribution in [0.15, 0.2) is 24.3 Å². The van der Waals surface area contributed by atoms with Crippen molar-refractivity contribution in [3.63, 3.8) is 0 Å². The van der Waals surface area contributed by atoms with Crippen LogP contribution in [0.4, 0.5) is 0 Å². The molecule has 0 spiro atoms. The first-order valence-electron chi connectivity index (χ1n) is 7.69. The zero-order valence-electron chi connectivity index (χ0n) is 12.7. The number of carbonyl (C=O) groups excluding carboxylic acids is 1. The summed E-state index contributed by atoms with van der Waals surface area (Å²) >= 11 is 0. The molecule has 0 bridgehead atoms. The van der Waals surface area contributed by atoms with E-state index in [1.165, 1.54) is 17.5 Å². The van der Waals surface area contributed by atoms with Crippen molar-refractivity contribution in [2.75, 3.05) is 20.1 Å². The van der Waals surface area contributed by atoms with Gasteiger partial charge in [0.1, 0.15) is 0 Å². The van der Waals surface area contributed by atoms with Gasteiger partial charge in [0.15, 0.2) is 0 Å². The second-order valence-corrected chi connectivity index (χ2v) is 5.87. The molecule has 1 aromatic carbocycles. The van der Waals surface area contributed by atoms with E-state index >= 15 is 0 Å². The van der Waals surface area contributed by atoms with Gasteiger partial charge >= 0.3 is 0 Å². The van der Waals surface area contributed by atoms with Crippen LogP contribution in [-0.4, -0.2) is 26.0 Å². The third kappa shape index (κ3) is 3.21. The summed E-state index contributed by atoms with van der Waals surface area (Å²) in [6.07, 6.45) is 5.49. The Morgan fingerprint density at radius 1 is 1.20 bits per heavy atom. The zero-order valence-corrected chi connectivity index (χ0v) is 12.7. The molecular weight excluding hydrogens is 248 g/mol. The van der Waals surface area contributed by atoms with E-state index in [9.17, 15) is 4.79 Å². The topological polar surface area (TPSA) is 41.1 Å². The molecule has 0 atom stereocenters. The van der Waals surface area contributed by atoms with Crippen molar-refractivity contribution in [1.29, 1.82) is 0 Å². The highest BCUT2D eigenvalue weighted by atomic mass is 16.2. The summed E-state index contributed by atoms with van der Waals surface area (Å²) in [5.74, 6) is 0.207. The SMILES string of the molecule is CNCCNC(=O)C1(c2cccc(C)c2)CCCCC1. The second-order valence-electron chi connectivity index (χ2n) is 5.87. The number of rotatable bonds is 5. The monoisotopic (exact) mass is 274 g/mol. The molecular formula is C17H26N2O. The van der Waals surface area contributed by atoms with Crippen molar-refractivity contribution < 1.29 is 4.79 Å². The van der Waals surface area contributed by atoms with Gasteiger partial charge in [-0.25, -0.2) is 0 Å². The standard InChI is InChI=1S/C17H26N2O/c1-14-7-6-8-15(13-14)17(9-4-3-5-10-17)16(20)19-12-11-18-2/h6-8,13,18H,3-5,9-12H2,1-2H3,(H,19,20). The predicted molar refractivity (Wildman–Crippen MR) is 82.9 cm³/mol. The third-order valence-corrected chi connectivity index (χ3v) is 4.37. The largest absolute Gasteiger partial charge is 0.354 e. The molecule has 0 unspecified atom stereocenters. The maximum atomic E-state index is 12.8. The summed E-state index contributed by atoms with van der Waals surface area (Å²) in [7, 11) is 1.91. The Labute approximate surface area is 122 Å². The number of amides is 1. The van der Waals surface area contributed by atoms with Gasteiger partial charge in [0.25, 0.3) is 0 Å². The van der Waals surface area contributed by atoms with Gasteiger partial charge in [-0.1, -0.05) is 49.1 Å². The zero-order chi connectivity index (χ0) is 14.4. The molecule has 2 rings (SSSR count). The minimum absolute atomic E-state index is 0.207. The van der Waals surface area contributed by atoms with Gasteiger partial charge in [0.05, 0.1) is 5.41 Å². The highest BCUT2D eigenvalue weighted by Crippen LogP contribution is 2.39. The van der Waals surface area contributed by atoms with Crippen LogP contribution >= 0.6 is 0 Å². The number of hydrogen-bond acceptors (Lipinski definition) is 2. The first-order valence-corrected chi connectivity index (χ1v) is 7.69. The minimum atomic E-state index is -0.308. The Morgan fingerprint density at radius 2 is 1.95 bits per heavy atom. The van der Waals surface area contributed by atoms with E-state index in [4.69, 9.17) is 0 Å². The van der Waals surface area contributed by atoms with E-state index in [1.54, 1.807) is 0 Å². The predicted octanol–water partition coefficient (Wildman–Crippen LogP) is 2.53. The lowest BCUT2D eigenvalue weighted by Gasteiger charge is -2.36. The minimum Gasteiger partial charge on any atom is -0.354 e. The van der Waals surface area contributed by atoms with Gasteiger partial charge in [0, 0.05) is 13.1 Å². The van der Waals surface area contributed by atoms with Crippen molar-refractivity contribution in [2.24, 2.45) is 0 Å². The molecule has 1 aliphatic rings. The molecule has 3 heteroatoms. The van der Waals surface area contributed by atoms with E-state index in [1.807, 2.05) is 7.05 Å². The maximum Gasteiger partial charge on any atom is 0.230 e. The maximum absolute atomic E-state index is 12.8. The van der Waals surface area contributed by atoms with E-state index in [-0.39, 0.29) is 11.3 Å². The van der Waals surface area contributed by atoms with Crippen LogP contribution in [0.5, 0.6) is 0 Å². The Bertz CT molecular complexity index is 450. The second kappa shape index (κ2) is 6.89. The van der Waals surface area contributed by atoms with E-state index in [0.29, 0.717) is 6.54 Å². The Balaban J connectivity index is 2.23. The number of carbonyl (C=O) groups is 1. The first-order chi connectivity index (χ1) is 9.69. The highest BCUT2D eigenvalue weighted by molar-refractivity contribution is 5.88. The average Bonchev–Trinajstić information content (AvgIpc) is 2.48. The van der Waals surface area contributed by atoms with Crippen LogP contribution in [0.25, 0.3) is 0 Å². The van der Waals surface area contributed by atoms with Gasteiger partial charge in [-0.2, -0.15) is 0 Å². The molecule has 1 amide bonds. The molecule has 1 fully saturated rings. The molecule has 0 radical (unpaired) electrons. The quantitative estimate of drug-likeness (QED) is 0.810. The first kappa shape index (κ1) is 15.0. The fraction of sp³-hybridized carbons (Fsp3) is 0.588. The lowest BCUT2D eigenvalue weighted by atomic mass is 9.68. The van der Waals surface area contributed by atoms with E-state index in [0.717, 1.165) is 32.2 Å². The van der Waals surface area contributed by atoms with Gasteiger partial charge in [-0.15, -0.1) is 0 Å². The highest BCUT2D eigenvalue weighted by Gasteiger charge is 2.40. The van der Waals surface area contributed by atoms with Crippen molar-refractivity contribution in [1.82, 2.24) is 10.6 Å². The van der Waals surface area contributed by atoms with Crippen LogP contribution in [0.2, 0.25) is 0 Å². The summed E-state index contributed by atoms with van der Waals surface area (Å²) < 4.78 is 0. The molecule has 3 nitrogen and oxygen atoms in total. The Kier molecular flexibility index (Phi) is 5.18. The van der Waals surface area contributed by atoms with Crippen LogP contribution in [0.3, 0.4) is 0 Å². The van der Waals surface area contributed by atoms with Crippen LogP contribution in [0.1, 0.15) is 43.2 Å². The molecule has 0 aromatic heterocycles. The van der Waals surface area contributed by atoms with Crippen molar-refractivity contribution in [3.8, 4) is 0 Å². The molecule has 1 aliphatic carbocycles. The van der Waals surface area contributed by atoms with Gasteiger partial charge < -0.3 is 10.6 Å². The van der Waals surface area contributed by atoms with Crippen LogP contribution in [-0.2, 0) is 10.2 Å². The van der Waals surface area contributed by atoms with E-state index in [2.05, 4.69) is 41.8 Å². The van der Waals surface area contributed by atoms with Gasteiger partial charge in [-0.05, 0) is 32.4 Å². The van der Waals surface area contributed by atoms with Crippen molar-refractivity contribution in [2.45, 2.75) is 44.4 Å². The number of benzene rings is 1. The summed E-state index contributed by atoms with van der Waals surface area (Å²) in [5.41, 5.74) is 2.12. The summed E-state index contributed by atoms with van der Waals surface area (Å²) in [6.45, 7) is 3.61. The molecule has 0 heterocycles. The molecule has 0 saturated heterocycles. The average molecular weight is 274 g/mol. The molecule has 1 aromatic rings. The van der Waals surface area contributed by atoms with Crippen LogP contribution in [0, 0.1) is 6.92 Å². The summed E-state index contributed by atoms with van der Waals surface area (Å²) in [6, 6.07) is 8.47. The fourth-order valence-electron chi connectivity index (χ4n) is 3.22. The summed E-state index contributed by atoms with van der Waals surface area (Å²) in [5, 5.41) is 6.18. The number of hydrogen-bond donors (Lipinski definition) is 2. The van der Waals surface area contributed by atoms with Gasteiger partial charge in [-0.3, -0.25) is 4.79 Å². The molecule has 2 N–H and O–H groups in total. The molecule has 1 saturated carbocycles. The normalized spacial score (nSPS) is 17.7. The number of nitrogens with one attached hydrogen (secondary N) is 2. The molecule has 110 valence electrons. The van der Waals surface area contributed by atoms with Gasteiger partial charge in [0.2, 0.25) is 5.91 Å². The van der Waals surface area contributed by atoms with Crippen molar-refractivity contribution in [3.05, 3.63) is 35.4 Å². The smallest absolute Gasteiger partial charge is 0.230 e. The van der Waals surface area contributed by atoms with Crippen molar-refractivity contribution >= 4 is 5.91 Å². The summed E-state index contributed by atoms with van der Waals surface area (Å²) in [4.78, 5) is 12.8. The van der Waals surface area contributed by atoms with E-state index < -0.39 is 0 Å². The Morgan fingerprint density at radius 3 is 2.60 bits per heavy atom. The lowest BCUT2D eigenvalue weighted by Crippen LogP contribution is -2.47. The third-order valence-electron chi connectivity index (χ3n) is 4.37. The molecule has 0 aliphatic heterocycles. The number of aryl methyl sites for hydroxylation is 1. The Hall–Kier alpha value is -1.35. The fourth-order valence-corrected chi connectivity index (χ4v) is 3.22. The molecule has 20 heavy (non-hydrogen) atoms. The van der Waals surface area contributed by atoms with Crippen LogP contribution < -0.4 is 10.6 Å². The number of likely N-dealkylation sites (N-methyl/N-ethyl adjacent to an activating group) is 1.